The monoisotopic (exact) mass is 386 g/mol. The fourth-order valence-electron chi connectivity index (χ4n) is 3.26. The Balaban J connectivity index is 1.21. The van der Waals surface area contributed by atoms with Crippen molar-refractivity contribution in [1.82, 2.24) is 20.1 Å². The van der Waals surface area contributed by atoms with E-state index in [4.69, 9.17) is 9.47 Å². The minimum atomic E-state index is -0.229. The molecule has 0 bridgehead atoms. The molecule has 1 atom stereocenters. The van der Waals surface area contributed by atoms with Gasteiger partial charge in [-0.3, -0.25) is 4.79 Å². The number of amides is 1. The third-order valence-electron chi connectivity index (χ3n) is 5.10. The number of carbonyl (C=O) groups excluding carboxylic acids is 1. The van der Waals surface area contributed by atoms with Gasteiger partial charge in [-0.15, -0.1) is 10.2 Å². The molecule has 2 aromatic rings. The summed E-state index contributed by atoms with van der Waals surface area (Å²) in [6.45, 7) is 2.63. The van der Waals surface area contributed by atoms with Crippen molar-refractivity contribution < 1.29 is 14.3 Å². The minimum absolute atomic E-state index is 0.00372. The standard InChI is InChI=1S/C19H22N4O3S/c1-11(18(24)20-9-12-2-7-15-16(8-12)26-10-25-15)27-19-22-21-17(13-3-4-13)23(19)14-5-6-14/h2,7-8,11,13-14H,3-6,9-10H2,1H3,(H,20,24)/t11-/m0/s1. The molecule has 1 aliphatic heterocycles. The zero-order chi connectivity index (χ0) is 18.4. The highest BCUT2D eigenvalue weighted by Gasteiger charge is 2.37. The Hall–Kier alpha value is -2.22. The lowest BCUT2D eigenvalue weighted by Gasteiger charge is -2.13. The van der Waals surface area contributed by atoms with Crippen molar-refractivity contribution in [2.45, 2.75) is 61.5 Å². The van der Waals surface area contributed by atoms with Crippen molar-refractivity contribution in [3.05, 3.63) is 29.6 Å². The van der Waals surface area contributed by atoms with Crippen LogP contribution in [0.25, 0.3) is 0 Å². The summed E-state index contributed by atoms with van der Waals surface area (Å²) in [5.41, 5.74) is 0.988. The van der Waals surface area contributed by atoms with Gasteiger partial charge in [0.1, 0.15) is 5.82 Å². The Bertz CT molecular complexity index is 876. The van der Waals surface area contributed by atoms with Gasteiger partial charge in [-0.2, -0.15) is 0 Å². The molecule has 27 heavy (non-hydrogen) atoms. The number of hydrogen-bond donors (Lipinski definition) is 1. The third kappa shape index (κ3) is 3.50. The summed E-state index contributed by atoms with van der Waals surface area (Å²) in [6.07, 6.45) is 4.80. The van der Waals surface area contributed by atoms with Gasteiger partial charge in [0, 0.05) is 18.5 Å². The van der Waals surface area contributed by atoms with Crippen molar-refractivity contribution in [1.29, 1.82) is 0 Å². The number of rotatable bonds is 7. The van der Waals surface area contributed by atoms with Gasteiger partial charge in [0.25, 0.3) is 0 Å². The third-order valence-corrected chi connectivity index (χ3v) is 6.16. The van der Waals surface area contributed by atoms with E-state index < -0.39 is 0 Å². The zero-order valence-corrected chi connectivity index (χ0v) is 16.0. The van der Waals surface area contributed by atoms with E-state index >= 15 is 0 Å². The lowest BCUT2D eigenvalue weighted by atomic mass is 10.2. The van der Waals surface area contributed by atoms with Crippen LogP contribution in [-0.4, -0.2) is 32.7 Å². The van der Waals surface area contributed by atoms with Gasteiger partial charge in [0.2, 0.25) is 12.7 Å². The minimum Gasteiger partial charge on any atom is -0.454 e. The van der Waals surface area contributed by atoms with E-state index in [9.17, 15) is 4.79 Å². The van der Waals surface area contributed by atoms with Crippen LogP contribution < -0.4 is 14.8 Å². The SMILES string of the molecule is C[C@H](Sc1nnc(C2CC2)n1C1CC1)C(=O)NCc1ccc2c(c1)OCO2. The molecule has 1 N–H and O–H groups in total. The Morgan fingerprint density at radius 3 is 2.85 bits per heavy atom. The van der Waals surface area contributed by atoms with Crippen LogP contribution in [0, 0.1) is 0 Å². The molecular formula is C19H22N4O3S. The molecule has 142 valence electrons. The predicted octanol–water partition coefficient (Wildman–Crippen LogP) is 3.02. The van der Waals surface area contributed by atoms with Crippen molar-refractivity contribution in [3.63, 3.8) is 0 Å². The lowest BCUT2D eigenvalue weighted by molar-refractivity contribution is -0.120. The molecule has 1 amide bonds. The molecule has 0 unspecified atom stereocenters. The summed E-state index contributed by atoms with van der Waals surface area (Å²) in [5.74, 6) is 3.17. The first-order valence-electron chi connectivity index (χ1n) is 9.47. The van der Waals surface area contributed by atoms with E-state index in [1.54, 1.807) is 0 Å². The molecule has 0 radical (unpaired) electrons. The van der Waals surface area contributed by atoms with E-state index in [0.717, 1.165) is 28.0 Å². The molecule has 3 aliphatic rings. The Kier molecular flexibility index (Phi) is 4.22. The molecule has 1 aromatic heterocycles. The normalized spacial score (nSPS) is 19.1. The van der Waals surface area contributed by atoms with E-state index in [2.05, 4.69) is 20.1 Å². The smallest absolute Gasteiger partial charge is 0.233 e. The topological polar surface area (TPSA) is 78.3 Å². The molecule has 8 heteroatoms. The van der Waals surface area contributed by atoms with Crippen molar-refractivity contribution in [2.75, 3.05) is 6.79 Å². The van der Waals surface area contributed by atoms with Crippen LogP contribution in [0.15, 0.2) is 23.4 Å². The number of aromatic nitrogens is 3. The Morgan fingerprint density at radius 1 is 1.26 bits per heavy atom. The van der Waals surface area contributed by atoms with Crippen molar-refractivity contribution in [2.24, 2.45) is 0 Å². The average Bonchev–Trinajstić information content (AvgIpc) is 3.60. The van der Waals surface area contributed by atoms with Crippen LogP contribution in [-0.2, 0) is 11.3 Å². The molecule has 2 saturated carbocycles. The number of fused-ring (bicyclic) bond motifs is 1. The van der Waals surface area contributed by atoms with Gasteiger partial charge in [-0.1, -0.05) is 17.8 Å². The first-order valence-corrected chi connectivity index (χ1v) is 10.3. The van der Waals surface area contributed by atoms with E-state index in [-0.39, 0.29) is 18.0 Å². The Morgan fingerprint density at radius 2 is 2.07 bits per heavy atom. The van der Waals surface area contributed by atoms with E-state index in [1.807, 2.05) is 25.1 Å². The summed E-state index contributed by atoms with van der Waals surface area (Å²) < 4.78 is 13.0. The van der Waals surface area contributed by atoms with Gasteiger partial charge < -0.3 is 19.4 Å². The highest BCUT2D eigenvalue weighted by molar-refractivity contribution is 8.00. The van der Waals surface area contributed by atoms with Crippen molar-refractivity contribution in [3.8, 4) is 11.5 Å². The summed E-state index contributed by atoms with van der Waals surface area (Å²) in [7, 11) is 0. The van der Waals surface area contributed by atoms with E-state index in [1.165, 1.54) is 37.4 Å². The van der Waals surface area contributed by atoms with Crippen LogP contribution in [0.5, 0.6) is 11.5 Å². The fourth-order valence-corrected chi connectivity index (χ4v) is 4.21. The second-order valence-corrected chi connectivity index (χ2v) is 8.69. The van der Waals surface area contributed by atoms with Gasteiger partial charge in [-0.25, -0.2) is 0 Å². The molecule has 0 saturated heterocycles. The number of ether oxygens (including phenoxy) is 2. The number of hydrogen-bond acceptors (Lipinski definition) is 6. The van der Waals surface area contributed by atoms with Gasteiger partial charge in [-0.05, 0) is 50.3 Å². The number of carbonyl (C=O) groups is 1. The molecule has 1 aromatic carbocycles. The Labute approximate surface area is 161 Å². The summed E-state index contributed by atoms with van der Waals surface area (Å²) in [4.78, 5) is 12.6. The molecule has 2 fully saturated rings. The molecule has 0 spiro atoms. The number of benzene rings is 1. The average molecular weight is 386 g/mol. The molecular weight excluding hydrogens is 364 g/mol. The first-order chi connectivity index (χ1) is 13.2. The largest absolute Gasteiger partial charge is 0.454 e. The van der Waals surface area contributed by atoms with Gasteiger partial charge in [0.15, 0.2) is 16.7 Å². The van der Waals surface area contributed by atoms with Crippen LogP contribution in [0.3, 0.4) is 0 Å². The number of thioether (sulfide) groups is 1. The van der Waals surface area contributed by atoms with Gasteiger partial charge in [0.05, 0.1) is 5.25 Å². The van der Waals surface area contributed by atoms with Crippen molar-refractivity contribution >= 4 is 17.7 Å². The van der Waals surface area contributed by atoms with Crippen LogP contribution in [0.1, 0.15) is 56.0 Å². The quantitative estimate of drug-likeness (QED) is 0.737. The highest BCUT2D eigenvalue weighted by atomic mass is 32.2. The molecule has 7 nitrogen and oxygen atoms in total. The summed E-state index contributed by atoms with van der Waals surface area (Å²) in [6, 6.07) is 6.25. The highest BCUT2D eigenvalue weighted by Crippen LogP contribution is 2.46. The second kappa shape index (κ2) is 6.74. The number of nitrogens with one attached hydrogen (secondary N) is 1. The van der Waals surface area contributed by atoms with Gasteiger partial charge >= 0.3 is 0 Å². The van der Waals surface area contributed by atoms with Crippen LogP contribution >= 0.6 is 11.8 Å². The molecule has 5 rings (SSSR count). The fraction of sp³-hybridized carbons (Fsp3) is 0.526. The number of nitrogens with zero attached hydrogens (tertiary/aromatic N) is 3. The predicted molar refractivity (Wildman–Crippen MR) is 100.0 cm³/mol. The first kappa shape index (κ1) is 16.9. The maximum absolute atomic E-state index is 12.6. The second-order valence-electron chi connectivity index (χ2n) is 7.38. The molecule has 2 aliphatic carbocycles. The zero-order valence-electron chi connectivity index (χ0n) is 15.2. The summed E-state index contributed by atoms with van der Waals surface area (Å²) >= 11 is 1.50. The van der Waals surface area contributed by atoms with Crippen LogP contribution in [0.4, 0.5) is 0 Å². The maximum Gasteiger partial charge on any atom is 0.233 e. The summed E-state index contributed by atoms with van der Waals surface area (Å²) in [5, 5.41) is 12.5. The van der Waals surface area contributed by atoms with Crippen LogP contribution in [0.2, 0.25) is 0 Å². The lowest BCUT2D eigenvalue weighted by Crippen LogP contribution is -2.30. The molecule has 2 heterocycles. The van der Waals surface area contributed by atoms with E-state index in [0.29, 0.717) is 18.5 Å². The maximum atomic E-state index is 12.6.